The SMILES string of the molecule is CC1(C)C[C@H](n2c(=O)c3c4c(sc3n(CC(N)=O)c2=O)CCCC4)CCO1. The molecule has 4 rings (SSSR count). The molecule has 3 heterocycles. The Morgan fingerprint density at radius 1 is 1.30 bits per heavy atom. The van der Waals surface area contributed by atoms with Gasteiger partial charge in [-0.05, 0) is 57.9 Å². The Morgan fingerprint density at radius 3 is 2.74 bits per heavy atom. The fourth-order valence-corrected chi connectivity index (χ4v) is 5.80. The van der Waals surface area contributed by atoms with Gasteiger partial charge in [-0.2, -0.15) is 0 Å². The maximum absolute atomic E-state index is 13.4. The van der Waals surface area contributed by atoms with E-state index in [0.717, 1.165) is 36.1 Å². The van der Waals surface area contributed by atoms with E-state index in [1.54, 1.807) is 0 Å². The first-order chi connectivity index (χ1) is 12.8. The van der Waals surface area contributed by atoms with E-state index in [1.807, 2.05) is 13.8 Å². The van der Waals surface area contributed by atoms with Gasteiger partial charge in [0.05, 0.1) is 11.0 Å². The highest BCUT2D eigenvalue weighted by atomic mass is 32.1. The molecular formula is C19H25N3O4S. The van der Waals surface area contributed by atoms with Gasteiger partial charge < -0.3 is 10.5 Å². The van der Waals surface area contributed by atoms with Crippen LogP contribution in [0.15, 0.2) is 9.59 Å². The summed E-state index contributed by atoms with van der Waals surface area (Å²) in [5.41, 5.74) is 5.42. The number of aryl methyl sites for hydroxylation is 2. The highest BCUT2D eigenvalue weighted by Crippen LogP contribution is 2.35. The molecule has 0 bridgehead atoms. The van der Waals surface area contributed by atoms with Crippen molar-refractivity contribution in [3.05, 3.63) is 31.3 Å². The summed E-state index contributed by atoms with van der Waals surface area (Å²) in [5.74, 6) is -0.581. The minimum atomic E-state index is -0.581. The van der Waals surface area contributed by atoms with Crippen molar-refractivity contribution in [1.82, 2.24) is 9.13 Å². The van der Waals surface area contributed by atoms with Crippen molar-refractivity contribution in [2.24, 2.45) is 5.73 Å². The molecule has 2 aliphatic rings. The quantitative estimate of drug-likeness (QED) is 0.862. The zero-order valence-electron chi connectivity index (χ0n) is 15.7. The molecule has 2 aromatic heterocycles. The van der Waals surface area contributed by atoms with E-state index in [4.69, 9.17) is 10.5 Å². The van der Waals surface area contributed by atoms with Crippen molar-refractivity contribution in [3.8, 4) is 0 Å². The average molecular weight is 391 g/mol. The average Bonchev–Trinajstić information content (AvgIpc) is 2.97. The largest absolute Gasteiger partial charge is 0.375 e. The van der Waals surface area contributed by atoms with Crippen LogP contribution in [-0.4, -0.2) is 27.2 Å². The van der Waals surface area contributed by atoms with Gasteiger partial charge in [-0.25, -0.2) is 4.79 Å². The second kappa shape index (κ2) is 6.60. The highest BCUT2D eigenvalue weighted by Gasteiger charge is 2.33. The van der Waals surface area contributed by atoms with Crippen molar-refractivity contribution in [3.63, 3.8) is 0 Å². The van der Waals surface area contributed by atoms with Crippen LogP contribution in [0.2, 0.25) is 0 Å². The van der Waals surface area contributed by atoms with Crippen LogP contribution in [0.4, 0.5) is 0 Å². The number of hydrogen-bond acceptors (Lipinski definition) is 5. The van der Waals surface area contributed by atoms with E-state index in [1.165, 1.54) is 20.5 Å². The molecular weight excluding hydrogens is 366 g/mol. The molecule has 8 heteroatoms. The molecule has 2 aromatic rings. The number of aromatic nitrogens is 2. The van der Waals surface area contributed by atoms with Crippen LogP contribution in [0.1, 0.15) is 56.0 Å². The number of fused-ring (bicyclic) bond motifs is 3. The van der Waals surface area contributed by atoms with Gasteiger partial charge in [-0.15, -0.1) is 11.3 Å². The van der Waals surface area contributed by atoms with E-state index in [9.17, 15) is 14.4 Å². The second-order valence-electron chi connectivity index (χ2n) is 8.16. The Labute approximate surface area is 160 Å². The topological polar surface area (TPSA) is 96.3 Å². The maximum atomic E-state index is 13.4. The lowest BCUT2D eigenvalue weighted by Gasteiger charge is -2.36. The number of carbonyl (C=O) groups is 1. The van der Waals surface area contributed by atoms with Crippen molar-refractivity contribution < 1.29 is 9.53 Å². The predicted octanol–water partition coefficient (Wildman–Crippen LogP) is 1.72. The van der Waals surface area contributed by atoms with E-state index < -0.39 is 17.2 Å². The molecule has 2 N–H and O–H groups in total. The monoisotopic (exact) mass is 391 g/mol. The lowest BCUT2D eigenvalue weighted by atomic mass is 9.93. The molecule has 1 amide bonds. The number of carbonyl (C=O) groups excluding carboxylic acids is 1. The normalized spacial score (nSPS) is 21.9. The molecule has 0 saturated carbocycles. The van der Waals surface area contributed by atoms with Crippen LogP contribution in [0, 0.1) is 0 Å². The molecule has 0 radical (unpaired) electrons. The molecule has 0 unspecified atom stereocenters. The highest BCUT2D eigenvalue weighted by molar-refractivity contribution is 7.18. The molecule has 0 aromatic carbocycles. The number of primary amides is 1. The number of thiophene rings is 1. The molecule has 27 heavy (non-hydrogen) atoms. The van der Waals surface area contributed by atoms with Crippen molar-refractivity contribution in [2.75, 3.05) is 6.61 Å². The van der Waals surface area contributed by atoms with Crippen molar-refractivity contribution in [1.29, 1.82) is 0 Å². The minimum absolute atomic E-state index is 0.207. The zero-order chi connectivity index (χ0) is 19.3. The smallest absolute Gasteiger partial charge is 0.332 e. The third-order valence-corrected chi connectivity index (χ3v) is 6.93. The number of rotatable bonds is 3. The van der Waals surface area contributed by atoms with Crippen LogP contribution in [0.25, 0.3) is 10.2 Å². The number of ether oxygens (including phenoxy) is 1. The summed E-state index contributed by atoms with van der Waals surface area (Å²) in [7, 11) is 0. The van der Waals surface area contributed by atoms with Gasteiger partial charge in [-0.3, -0.25) is 18.7 Å². The Balaban J connectivity index is 2.00. The first kappa shape index (κ1) is 18.4. The van der Waals surface area contributed by atoms with Crippen LogP contribution in [0.3, 0.4) is 0 Å². The summed E-state index contributed by atoms with van der Waals surface area (Å²) in [4.78, 5) is 40.1. The van der Waals surface area contributed by atoms with Crippen LogP contribution in [-0.2, 0) is 28.9 Å². The second-order valence-corrected chi connectivity index (χ2v) is 9.24. The fourth-order valence-electron chi connectivity index (χ4n) is 4.42. The molecule has 1 atom stereocenters. The molecule has 1 aliphatic heterocycles. The molecule has 1 saturated heterocycles. The van der Waals surface area contributed by atoms with Crippen LogP contribution in [0.5, 0.6) is 0 Å². The molecule has 0 spiro atoms. The molecule has 7 nitrogen and oxygen atoms in total. The van der Waals surface area contributed by atoms with E-state index in [-0.39, 0.29) is 18.1 Å². The Kier molecular flexibility index (Phi) is 4.50. The summed E-state index contributed by atoms with van der Waals surface area (Å²) >= 11 is 1.47. The lowest BCUT2D eigenvalue weighted by molar-refractivity contribution is -0.118. The Hall–Kier alpha value is -1.93. The Bertz CT molecular complexity index is 1030. The summed E-state index contributed by atoms with van der Waals surface area (Å²) in [5, 5.41) is 0.611. The first-order valence-corrected chi connectivity index (χ1v) is 10.3. The van der Waals surface area contributed by atoms with Crippen molar-refractivity contribution in [2.45, 2.75) is 70.6 Å². The van der Waals surface area contributed by atoms with Crippen LogP contribution < -0.4 is 17.0 Å². The van der Waals surface area contributed by atoms with Gasteiger partial charge in [0.15, 0.2) is 0 Å². The number of amides is 1. The van der Waals surface area contributed by atoms with Crippen LogP contribution >= 0.6 is 11.3 Å². The summed E-state index contributed by atoms with van der Waals surface area (Å²) in [6.07, 6.45) is 5.07. The zero-order valence-corrected chi connectivity index (χ0v) is 16.6. The molecule has 1 aliphatic carbocycles. The van der Waals surface area contributed by atoms with Gasteiger partial charge in [0.1, 0.15) is 11.4 Å². The first-order valence-electron chi connectivity index (χ1n) is 9.50. The van der Waals surface area contributed by atoms with Gasteiger partial charge in [-0.1, -0.05) is 0 Å². The number of hydrogen-bond donors (Lipinski definition) is 1. The van der Waals surface area contributed by atoms with E-state index >= 15 is 0 Å². The number of nitrogens with two attached hydrogens (primary N) is 1. The molecule has 146 valence electrons. The minimum Gasteiger partial charge on any atom is -0.375 e. The third-order valence-electron chi connectivity index (χ3n) is 5.62. The Morgan fingerprint density at radius 2 is 2.04 bits per heavy atom. The maximum Gasteiger partial charge on any atom is 0.332 e. The van der Waals surface area contributed by atoms with Gasteiger partial charge >= 0.3 is 5.69 Å². The standard InChI is InChI=1S/C19H25N3O4S/c1-19(2)9-11(7-8-26-19)22-16(24)15-12-5-3-4-6-13(12)27-17(15)21(18(22)25)10-14(20)23/h11H,3-10H2,1-2H3,(H2,20,23)/t11-/m1/s1. The fraction of sp³-hybridized carbons (Fsp3) is 0.632. The van der Waals surface area contributed by atoms with Gasteiger partial charge in [0, 0.05) is 17.5 Å². The van der Waals surface area contributed by atoms with Gasteiger partial charge in [0.2, 0.25) is 5.91 Å². The summed E-state index contributed by atoms with van der Waals surface area (Å²) < 4.78 is 8.52. The predicted molar refractivity (Wildman–Crippen MR) is 104 cm³/mol. The molecule has 1 fully saturated rings. The summed E-state index contributed by atoms with van der Waals surface area (Å²) in [6.45, 7) is 4.23. The number of nitrogens with zero attached hydrogens (tertiary/aromatic N) is 2. The van der Waals surface area contributed by atoms with E-state index in [2.05, 4.69) is 0 Å². The lowest BCUT2D eigenvalue weighted by Crippen LogP contribution is -2.47. The third kappa shape index (κ3) is 3.14. The van der Waals surface area contributed by atoms with Crippen molar-refractivity contribution >= 4 is 27.5 Å². The van der Waals surface area contributed by atoms with E-state index in [0.29, 0.717) is 29.7 Å². The van der Waals surface area contributed by atoms with Gasteiger partial charge in [0.25, 0.3) is 5.56 Å². The summed E-state index contributed by atoms with van der Waals surface area (Å²) in [6, 6.07) is -0.239.